The molecule has 5 nitrogen and oxygen atoms in total. The molecule has 0 saturated carbocycles. The third kappa shape index (κ3) is 5.55. The predicted molar refractivity (Wildman–Crippen MR) is 107 cm³/mol. The van der Waals surface area contributed by atoms with Crippen molar-refractivity contribution in [2.24, 2.45) is 11.8 Å². The number of hydrogen-bond acceptors (Lipinski definition) is 3. The Bertz CT molecular complexity index is 651. The summed E-state index contributed by atoms with van der Waals surface area (Å²) in [6.45, 7) is 9.68. The number of nitrogens with zero attached hydrogens (tertiary/aromatic N) is 2. The first-order chi connectivity index (χ1) is 13.0. The van der Waals surface area contributed by atoms with Crippen molar-refractivity contribution in [3.05, 3.63) is 35.4 Å². The molecule has 1 aromatic rings. The lowest BCUT2D eigenvalue weighted by molar-refractivity contribution is -0.128. The zero-order valence-electron chi connectivity index (χ0n) is 16.7. The Hall–Kier alpha value is -1.88. The molecule has 3 rings (SSSR count). The predicted octanol–water partition coefficient (Wildman–Crippen LogP) is 2.79. The monoisotopic (exact) mass is 371 g/mol. The molecular formula is C22H33N3O2. The molecule has 2 aliphatic rings. The van der Waals surface area contributed by atoms with E-state index in [9.17, 15) is 9.59 Å². The number of hydrogen-bond donors (Lipinski definition) is 1. The van der Waals surface area contributed by atoms with Gasteiger partial charge in [-0.1, -0.05) is 38.1 Å². The standard InChI is InChI=1S/C22H33N3O2/c1-17(2)15-24-12-9-18(10-13-24)22(27)23-14-19-6-3-4-7-20(19)16-25-11-5-8-21(25)26/h3-4,6-7,17-18H,5,8-16H2,1-2H3,(H,23,27). The van der Waals surface area contributed by atoms with Crippen molar-refractivity contribution >= 4 is 11.8 Å². The van der Waals surface area contributed by atoms with Crippen LogP contribution in [-0.4, -0.2) is 47.8 Å². The van der Waals surface area contributed by atoms with Gasteiger partial charge in [0.2, 0.25) is 11.8 Å². The number of amides is 2. The fourth-order valence-electron chi connectivity index (χ4n) is 4.18. The van der Waals surface area contributed by atoms with E-state index in [4.69, 9.17) is 0 Å². The Kier molecular flexibility index (Phi) is 6.89. The molecule has 148 valence electrons. The second kappa shape index (κ2) is 9.36. The highest BCUT2D eigenvalue weighted by atomic mass is 16.2. The summed E-state index contributed by atoms with van der Waals surface area (Å²) < 4.78 is 0. The van der Waals surface area contributed by atoms with Gasteiger partial charge in [0, 0.05) is 38.5 Å². The first-order valence-electron chi connectivity index (χ1n) is 10.4. The second-order valence-electron chi connectivity index (χ2n) is 8.37. The van der Waals surface area contributed by atoms with Crippen LogP contribution in [0, 0.1) is 11.8 Å². The van der Waals surface area contributed by atoms with E-state index in [1.165, 1.54) is 0 Å². The molecule has 2 saturated heterocycles. The molecule has 0 unspecified atom stereocenters. The maximum atomic E-state index is 12.6. The smallest absolute Gasteiger partial charge is 0.223 e. The molecule has 0 atom stereocenters. The summed E-state index contributed by atoms with van der Waals surface area (Å²) in [6, 6.07) is 8.13. The molecule has 0 aromatic heterocycles. The van der Waals surface area contributed by atoms with Crippen LogP contribution in [0.15, 0.2) is 24.3 Å². The van der Waals surface area contributed by atoms with Gasteiger partial charge in [0.25, 0.3) is 0 Å². The molecule has 0 radical (unpaired) electrons. The average molecular weight is 372 g/mol. The second-order valence-corrected chi connectivity index (χ2v) is 8.37. The maximum Gasteiger partial charge on any atom is 0.223 e. The number of carbonyl (C=O) groups excluding carboxylic acids is 2. The van der Waals surface area contributed by atoms with Crippen LogP contribution in [0.1, 0.15) is 50.7 Å². The lowest BCUT2D eigenvalue weighted by Crippen LogP contribution is -2.41. The molecule has 2 fully saturated rings. The third-order valence-corrected chi connectivity index (χ3v) is 5.69. The zero-order chi connectivity index (χ0) is 19.2. The SMILES string of the molecule is CC(C)CN1CCC(C(=O)NCc2ccccc2CN2CCCC2=O)CC1. The summed E-state index contributed by atoms with van der Waals surface area (Å²) in [5.41, 5.74) is 2.25. The van der Waals surface area contributed by atoms with Gasteiger partial charge in [0.15, 0.2) is 0 Å². The molecule has 27 heavy (non-hydrogen) atoms. The molecular weight excluding hydrogens is 338 g/mol. The van der Waals surface area contributed by atoms with Gasteiger partial charge >= 0.3 is 0 Å². The minimum absolute atomic E-state index is 0.126. The number of benzene rings is 1. The highest BCUT2D eigenvalue weighted by Crippen LogP contribution is 2.20. The van der Waals surface area contributed by atoms with Crippen molar-refractivity contribution in [3.63, 3.8) is 0 Å². The number of nitrogens with one attached hydrogen (secondary N) is 1. The number of rotatable bonds is 7. The normalized spacial score (nSPS) is 19.1. The lowest BCUT2D eigenvalue weighted by atomic mass is 9.95. The van der Waals surface area contributed by atoms with Crippen molar-refractivity contribution in [3.8, 4) is 0 Å². The summed E-state index contributed by atoms with van der Waals surface area (Å²) in [4.78, 5) is 28.9. The molecule has 5 heteroatoms. The van der Waals surface area contributed by atoms with E-state index >= 15 is 0 Å². The van der Waals surface area contributed by atoms with Gasteiger partial charge < -0.3 is 15.1 Å². The molecule has 0 aliphatic carbocycles. The number of likely N-dealkylation sites (tertiary alicyclic amines) is 2. The van der Waals surface area contributed by atoms with Crippen LogP contribution in [0.5, 0.6) is 0 Å². The van der Waals surface area contributed by atoms with Gasteiger partial charge in [-0.15, -0.1) is 0 Å². The summed E-state index contributed by atoms with van der Waals surface area (Å²) in [7, 11) is 0. The van der Waals surface area contributed by atoms with Gasteiger partial charge in [-0.25, -0.2) is 0 Å². The van der Waals surface area contributed by atoms with Crippen LogP contribution in [0.4, 0.5) is 0 Å². The Morgan fingerprint density at radius 2 is 1.85 bits per heavy atom. The topological polar surface area (TPSA) is 52.7 Å². The first kappa shape index (κ1) is 19.9. The van der Waals surface area contributed by atoms with Crippen LogP contribution in [0.2, 0.25) is 0 Å². The van der Waals surface area contributed by atoms with Crippen molar-refractivity contribution in [2.45, 2.75) is 52.6 Å². The van der Waals surface area contributed by atoms with Crippen molar-refractivity contribution in [1.82, 2.24) is 15.1 Å². The van der Waals surface area contributed by atoms with Crippen LogP contribution < -0.4 is 5.32 Å². The van der Waals surface area contributed by atoms with Gasteiger partial charge in [0.1, 0.15) is 0 Å². The van der Waals surface area contributed by atoms with Gasteiger partial charge in [-0.05, 0) is 49.4 Å². The Balaban J connectivity index is 1.50. The van der Waals surface area contributed by atoms with E-state index in [0.717, 1.165) is 56.6 Å². The Labute approximate surface area is 163 Å². The average Bonchev–Trinajstić information content (AvgIpc) is 3.05. The quantitative estimate of drug-likeness (QED) is 0.802. The summed E-state index contributed by atoms with van der Waals surface area (Å²) in [6.07, 6.45) is 3.51. The minimum atomic E-state index is 0.126. The van der Waals surface area contributed by atoms with Crippen LogP contribution in [-0.2, 0) is 22.7 Å². The van der Waals surface area contributed by atoms with Gasteiger partial charge in [-0.3, -0.25) is 9.59 Å². The van der Waals surface area contributed by atoms with Gasteiger partial charge in [-0.2, -0.15) is 0 Å². The summed E-state index contributed by atoms with van der Waals surface area (Å²) in [5.74, 6) is 1.21. The molecule has 2 heterocycles. The van der Waals surface area contributed by atoms with Crippen LogP contribution in [0.3, 0.4) is 0 Å². The fourth-order valence-corrected chi connectivity index (χ4v) is 4.18. The van der Waals surface area contributed by atoms with Gasteiger partial charge in [0.05, 0.1) is 0 Å². The van der Waals surface area contributed by atoms with Crippen molar-refractivity contribution < 1.29 is 9.59 Å². The van der Waals surface area contributed by atoms with E-state index in [0.29, 0.717) is 25.4 Å². The Morgan fingerprint density at radius 3 is 2.48 bits per heavy atom. The Morgan fingerprint density at radius 1 is 1.15 bits per heavy atom. The third-order valence-electron chi connectivity index (χ3n) is 5.69. The number of piperidine rings is 1. The molecule has 2 aliphatic heterocycles. The molecule has 2 amide bonds. The molecule has 0 bridgehead atoms. The zero-order valence-corrected chi connectivity index (χ0v) is 16.7. The van der Waals surface area contributed by atoms with Crippen LogP contribution in [0.25, 0.3) is 0 Å². The van der Waals surface area contributed by atoms with E-state index in [1.54, 1.807) is 0 Å². The van der Waals surface area contributed by atoms with E-state index < -0.39 is 0 Å². The van der Waals surface area contributed by atoms with Crippen molar-refractivity contribution in [2.75, 3.05) is 26.2 Å². The lowest BCUT2D eigenvalue weighted by Gasteiger charge is -2.32. The first-order valence-corrected chi connectivity index (χ1v) is 10.4. The molecule has 0 spiro atoms. The van der Waals surface area contributed by atoms with E-state index in [2.05, 4.69) is 36.2 Å². The summed E-state index contributed by atoms with van der Waals surface area (Å²) in [5, 5.41) is 3.14. The molecule has 1 aromatic carbocycles. The van der Waals surface area contributed by atoms with Crippen molar-refractivity contribution in [1.29, 1.82) is 0 Å². The van der Waals surface area contributed by atoms with E-state index in [1.807, 2.05) is 17.0 Å². The van der Waals surface area contributed by atoms with Crippen LogP contribution >= 0.6 is 0 Å². The molecule has 1 N–H and O–H groups in total. The largest absolute Gasteiger partial charge is 0.352 e. The highest BCUT2D eigenvalue weighted by Gasteiger charge is 2.25. The number of carbonyl (C=O) groups is 2. The maximum absolute atomic E-state index is 12.6. The summed E-state index contributed by atoms with van der Waals surface area (Å²) >= 11 is 0. The minimum Gasteiger partial charge on any atom is -0.352 e. The highest BCUT2D eigenvalue weighted by molar-refractivity contribution is 5.79. The fraction of sp³-hybridized carbons (Fsp3) is 0.636. The van der Waals surface area contributed by atoms with E-state index in [-0.39, 0.29) is 17.7 Å².